The molecule has 0 aliphatic carbocycles. The molecule has 0 atom stereocenters. The molecular formula is C22H23ClN6O3. The van der Waals surface area contributed by atoms with Crippen molar-refractivity contribution in [2.24, 2.45) is 5.73 Å². The van der Waals surface area contributed by atoms with E-state index < -0.39 is 5.91 Å². The number of hydrogen-bond donors (Lipinski definition) is 3. The minimum absolute atomic E-state index is 0.301. The van der Waals surface area contributed by atoms with Crippen LogP contribution in [0.5, 0.6) is 5.75 Å². The molecule has 0 saturated carbocycles. The number of ether oxygens (including phenoxy) is 2. The number of rotatable bonds is 7. The van der Waals surface area contributed by atoms with Crippen molar-refractivity contribution < 1.29 is 14.3 Å². The number of para-hydroxylation sites is 1. The standard InChI is InChI=1S/C22H23ClN6O3/c1-31-19-12-14(6-7-18(19)29-8-10-32-11-9-29)26-22-25-13-16(23)21(28-22)27-17-5-3-2-4-15(17)20(24)30/h2-7,12-13H,8-11H2,1H3,(H2,24,30)(H2,25,26,27,28). The maximum atomic E-state index is 11.7. The summed E-state index contributed by atoms with van der Waals surface area (Å²) in [6.45, 7) is 3.00. The van der Waals surface area contributed by atoms with Crippen molar-refractivity contribution in [1.29, 1.82) is 0 Å². The van der Waals surface area contributed by atoms with Gasteiger partial charge in [-0.1, -0.05) is 23.7 Å². The number of nitrogens with zero attached hydrogens (tertiary/aromatic N) is 3. The lowest BCUT2D eigenvalue weighted by Gasteiger charge is -2.30. The Morgan fingerprint density at radius 1 is 1.19 bits per heavy atom. The van der Waals surface area contributed by atoms with Crippen LogP contribution in [0.3, 0.4) is 0 Å². The minimum atomic E-state index is -0.552. The first-order chi connectivity index (χ1) is 15.5. The van der Waals surface area contributed by atoms with Gasteiger partial charge in [0.1, 0.15) is 10.8 Å². The first-order valence-electron chi connectivity index (χ1n) is 10.0. The first kappa shape index (κ1) is 21.7. The maximum Gasteiger partial charge on any atom is 0.250 e. The number of carbonyl (C=O) groups excluding carboxylic acids is 1. The van der Waals surface area contributed by atoms with Crippen molar-refractivity contribution >= 4 is 46.3 Å². The van der Waals surface area contributed by atoms with E-state index in [2.05, 4.69) is 25.5 Å². The van der Waals surface area contributed by atoms with Crippen LogP contribution in [-0.2, 0) is 4.74 Å². The van der Waals surface area contributed by atoms with Crippen molar-refractivity contribution in [2.45, 2.75) is 0 Å². The summed E-state index contributed by atoms with van der Waals surface area (Å²) in [6, 6.07) is 12.7. The van der Waals surface area contributed by atoms with Crippen LogP contribution in [0.15, 0.2) is 48.7 Å². The molecule has 0 radical (unpaired) electrons. The zero-order chi connectivity index (χ0) is 22.5. The summed E-state index contributed by atoms with van der Waals surface area (Å²) in [5.74, 6) is 0.855. The fraction of sp³-hybridized carbons (Fsp3) is 0.227. The second kappa shape index (κ2) is 9.71. The van der Waals surface area contributed by atoms with Gasteiger partial charge in [-0.2, -0.15) is 4.98 Å². The van der Waals surface area contributed by atoms with Crippen molar-refractivity contribution in [3.8, 4) is 5.75 Å². The van der Waals surface area contributed by atoms with E-state index in [1.807, 2.05) is 18.2 Å². The van der Waals surface area contributed by atoms with Crippen LogP contribution in [0.4, 0.5) is 28.8 Å². The summed E-state index contributed by atoms with van der Waals surface area (Å²) in [5.41, 5.74) is 8.05. The molecule has 1 fully saturated rings. The summed E-state index contributed by atoms with van der Waals surface area (Å²) in [6.07, 6.45) is 1.48. The molecule has 10 heteroatoms. The first-order valence-corrected chi connectivity index (χ1v) is 10.4. The second-order valence-corrected chi connectivity index (χ2v) is 7.44. The van der Waals surface area contributed by atoms with E-state index in [1.165, 1.54) is 6.20 Å². The maximum absolute atomic E-state index is 11.7. The molecular weight excluding hydrogens is 432 g/mol. The third kappa shape index (κ3) is 4.84. The molecule has 4 rings (SSSR count). The number of nitrogens with two attached hydrogens (primary N) is 1. The lowest BCUT2D eigenvalue weighted by atomic mass is 10.1. The molecule has 1 aliphatic rings. The minimum Gasteiger partial charge on any atom is -0.495 e. The number of benzene rings is 2. The van der Waals surface area contributed by atoms with E-state index in [0.717, 1.165) is 30.2 Å². The topological polar surface area (TPSA) is 115 Å². The number of methoxy groups -OCH3 is 1. The predicted octanol–water partition coefficient (Wildman–Crippen LogP) is 3.56. The molecule has 0 spiro atoms. The van der Waals surface area contributed by atoms with Crippen LogP contribution in [0, 0.1) is 0 Å². The van der Waals surface area contributed by atoms with E-state index >= 15 is 0 Å². The summed E-state index contributed by atoms with van der Waals surface area (Å²) < 4.78 is 11.0. The Labute approximate surface area is 190 Å². The van der Waals surface area contributed by atoms with Crippen LogP contribution >= 0.6 is 11.6 Å². The average molecular weight is 455 g/mol. The lowest BCUT2D eigenvalue weighted by Crippen LogP contribution is -2.36. The highest BCUT2D eigenvalue weighted by molar-refractivity contribution is 6.33. The molecule has 32 heavy (non-hydrogen) atoms. The van der Waals surface area contributed by atoms with E-state index in [1.54, 1.807) is 31.4 Å². The quantitative estimate of drug-likeness (QED) is 0.496. The smallest absolute Gasteiger partial charge is 0.250 e. The molecule has 0 bridgehead atoms. The van der Waals surface area contributed by atoms with E-state index in [4.69, 9.17) is 26.8 Å². The molecule has 1 amide bonds. The summed E-state index contributed by atoms with van der Waals surface area (Å²) >= 11 is 6.27. The Morgan fingerprint density at radius 3 is 2.72 bits per heavy atom. The summed E-state index contributed by atoms with van der Waals surface area (Å²) in [7, 11) is 1.64. The Balaban J connectivity index is 1.56. The van der Waals surface area contributed by atoms with Crippen molar-refractivity contribution in [3.63, 3.8) is 0 Å². The average Bonchev–Trinajstić information content (AvgIpc) is 2.82. The van der Waals surface area contributed by atoms with Crippen molar-refractivity contribution in [2.75, 3.05) is 48.9 Å². The lowest BCUT2D eigenvalue weighted by molar-refractivity contribution is 0.100. The highest BCUT2D eigenvalue weighted by atomic mass is 35.5. The van der Waals surface area contributed by atoms with Gasteiger partial charge in [0.2, 0.25) is 5.95 Å². The van der Waals surface area contributed by atoms with Crippen LogP contribution in [0.1, 0.15) is 10.4 Å². The van der Waals surface area contributed by atoms with Crippen LogP contribution in [-0.4, -0.2) is 49.3 Å². The molecule has 1 saturated heterocycles. The number of aromatic nitrogens is 2. The Hall–Kier alpha value is -3.56. The highest BCUT2D eigenvalue weighted by Gasteiger charge is 2.16. The largest absolute Gasteiger partial charge is 0.495 e. The van der Waals surface area contributed by atoms with Crippen LogP contribution in [0.25, 0.3) is 0 Å². The summed E-state index contributed by atoms with van der Waals surface area (Å²) in [4.78, 5) is 22.6. The number of hydrogen-bond acceptors (Lipinski definition) is 8. The molecule has 0 unspecified atom stereocenters. The predicted molar refractivity (Wildman–Crippen MR) is 125 cm³/mol. The van der Waals surface area contributed by atoms with E-state index in [9.17, 15) is 4.79 Å². The zero-order valence-electron chi connectivity index (χ0n) is 17.5. The van der Waals surface area contributed by atoms with Crippen LogP contribution in [0.2, 0.25) is 5.02 Å². The van der Waals surface area contributed by atoms with Crippen molar-refractivity contribution in [3.05, 3.63) is 59.2 Å². The molecule has 3 aromatic rings. The van der Waals surface area contributed by atoms with Gasteiger partial charge in [0.15, 0.2) is 5.82 Å². The van der Waals surface area contributed by atoms with Gasteiger partial charge in [0.05, 0.1) is 43.5 Å². The normalized spacial score (nSPS) is 13.5. The number of anilines is 5. The fourth-order valence-corrected chi connectivity index (χ4v) is 3.54. The van der Waals surface area contributed by atoms with Crippen molar-refractivity contribution in [1.82, 2.24) is 9.97 Å². The molecule has 2 aromatic carbocycles. The number of carbonyl (C=O) groups is 1. The Kier molecular flexibility index (Phi) is 6.58. The van der Waals surface area contributed by atoms with Crippen LogP contribution < -0.4 is 26.0 Å². The van der Waals surface area contributed by atoms with Gasteiger partial charge in [-0.25, -0.2) is 4.98 Å². The molecule has 1 aliphatic heterocycles. The Bertz CT molecular complexity index is 1120. The third-order valence-electron chi connectivity index (χ3n) is 4.98. The Morgan fingerprint density at radius 2 is 1.97 bits per heavy atom. The zero-order valence-corrected chi connectivity index (χ0v) is 18.2. The van der Waals surface area contributed by atoms with Gasteiger partial charge in [0, 0.05) is 24.8 Å². The van der Waals surface area contributed by atoms with E-state index in [0.29, 0.717) is 41.3 Å². The van der Waals surface area contributed by atoms with Gasteiger partial charge in [-0.15, -0.1) is 0 Å². The summed E-state index contributed by atoms with van der Waals surface area (Å²) in [5, 5.41) is 6.52. The van der Waals surface area contributed by atoms with Gasteiger partial charge < -0.3 is 30.7 Å². The number of morpholine rings is 1. The monoisotopic (exact) mass is 454 g/mol. The molecule has 2 heterocycles. The SMILES string of the molecule is COc1cc(Nc2ncc(Cl)c(Nc3ccccc3C(N)=O)n2)ccc1N1CCOCC1. The fourth-order valence-electron chi connectivity index (χ4n) is 3.40. The number of amides is 1. The number of halogens is 1. The second-order valence-electron chi connectivity index (χ2n) is 7.04. The number of primary amides is 1. The number of nitrogens with one attached hydrogen (secondary N) is 2. The van der Waals surface area contributed by atoms with Gasteiger partial charge >= 0.3 is 0 Å². The molecule has 9 nitrogen and oxygen atoms in total. The molecule has 166 valence electrons. The van der Waals surface area contributed by atoms with Gasteiger partial charge in [-0.05, 0) is 24.3 Å². The highest BCUT2D eigenvalue weighted by Crippen LogP contribution is 2.33. The van der Waals surface area contributed by atoms with Gasteiger partial charge in [0.25, 0.3) is 5.91 Å². The third-order valence-corrected chi connectivity index (χ3v) is 5.25. The van der Waals surface area contributed by atoms with E-state index in [-0.39, 0.29) is 0 Å². The molecule has 1 aromatic heterocycles. The molecule has 4 N–H and O–H groups in total. The van der Waals surface area contributed by atoms with Gasteiger partial charge in [-0.3, -0.25) is 4.79 Å².